The minimum absolute atomic E-state index is 1.21. The van der Waals surface area contributed by atoms with Crippen LogP contribution >= 0.6 is 0 Å². The van der Waals surface area contributed by atoms with Crippen molar-refractivity contribution in [2.75, 3.05) is 0 Å². The predicted molar refractivity (Wildman–Crippen MR) is 601 cm³/mol. The fraction of sp³-hybridized carbons (Fsp3) is 0. The van der Waals surface area contributed by atoms with E-state index in [-0.39, 0.29) is 0 Å². The van der Waals surface area contributed by atoms with E-state index in [1.54, 1.807) is 0 Å². The number of fused-ring (bicyclic) bond motifs is 24. The normalized spacial score (nSPS) is 11.8. The minimum atomic E-state index is 1.21. The lowest BCUT2D eigenvalue weighted by Gasteiger charge is -2.13. The number of hydrogen-bond donors (Lipinski definition) is 0. The molecule has 30 aromatic rings. The van der Waals surface area contributed by atoms with Crippen molar-refractivity contribution in [3.63, 3.8) is 0 Å². The van der Waals surface area contributed by atoms with Gasteiger partial charge < -0.3 is 13.2 Å². The largest absolute Gasteiger partial charge is 0.308 e. The monoisotopic (exact) mass is 1790 g/mol. The standard InChI is InChI=1S/C48H29N.C48H31N.C42H27N/c1-2-17-38-36(15-1)37-16-3-4-18-39(37)43-27-34(23-24-40(38)43)32-13-9-11-30(25-32)31-12-10-14-33(26-31)35-28-44-41-19-5-7-21-46(41)49-47-22-8-6-20-42(47)45(29-35)48(44)49;1-3-13-32(14-4-1)38-27-39(33-15-5-2-6-16-33)29-40(28-38)36-19-11-17-34(25-36)35-18-12-20-37(26-35)41-30-44-42-21-7-9-23-46(42)49-47-24-10-8-22-43(47)45(31-41)48(44)49;1-2-9-28(10-3-1)29-19-21-30(22-20-29)31-11-6-12-32(25-31)33-13-7-14-34(26-33)35-23-24-41-39(27-35)38-17-8-16-37-36-15-4-5-18-40(36)43(41)42(37)38/h1-29H;1-31H;1-27H. The molecular formula is C138H87N3. The summed E-state index contributed by atoms with van der Waals surface area (Å²) in [6.07, 6.45) is 0. The van der Waals surface area contributed by atoms with E-state index in [1.165, 1.54) is 280 Å². The average molecular weight is 1790 g/mol. The molecule has 0 fully saturated rings. The summed E-state index contributed by atoms with van der Waals surface area (Å²) in [6, 6.07) is 193. The van der Waals surface area contributed by atoms with Crippen molar-refractivity contribution in [3.8, 4) is 134 Å². The first-order valence-electron chi connectivity index (χ1n) is 48.8. The molecule has 0 bridgehead atoms. The van der Waals surface area contributed by atoms with E-state index in [4.69, 9.17) is 0 Å². The van der Waals surface area contributed by atoms with Crippen LogP contribution in [0.4, 0.5) is 0 Å². The molecule has 0 saturated carbocycles. The molecule has 0 saturated heterocycles. The zero-order chi connectivity index (χ0) is 92.7. The fourth-order valence-electron chi connectivity index (χ4n) is 23.1. The summed E-state index contributed by atoms with van der Waals surface area (Å²) in [4.78, 5) is 0. The Morgan fingerprint density at radius 2 is 0.241 bits per heavy atom. The topological polar surface area (TPSA) is 13.2 Å². The highest BCUT2D eigenvalue weighted by atomic mass is 14.9. The van der Waals surface area contributed by atoms with Gasteiger partial charge in [-0.25, -0.2) is 0 Å². The lowest BCUT2D eigenvalue weighted by atomic mass is 9.91. The smallest absolute Gasteiger partial charge is 0.0620 e. The van der Waals surface area contributed by atoms with Crippen LogP contribution in [0.5, 0.6) is 0 Å². The molecular weight excluding hydrogens is 1700 g/mol. The SMILES string of the molecule is c1cc(-c2cccc(-c3cc4c5ccccc5n5c6ccccc6c(c3)c45)c2)cc(-c2ccc3c4ccccc4c4ccccc4c3c2)c1.c1ccc(-c2cc(-c3ccccc3)cc(-c3cccc(-c4cccc(-c5cc6c7ccccc7n7c8ccccc8c(c5)c67)c4)c3)c2)cc1.c1ccc(-c2ccc(-c3cccc(-c4cccc(-c5ccc6c(c5)c5cccc7c8ccccc8n6c75)c4)c3)cc2)cc1. The van der Waals surface area contributed by atoms with Crippen LogP contribution in [0.25, 0.3) is 280 Å². The second-order valence-corrected chi connectivity index (χ2v) is 37.7. The molecule has 30 rings (SSSR count). The van der Waals surface area contributed by atoms with Crippen LogP contribution in [0.1, 0.15) is 0 Å². The molecule has 24 aromatic carbocycles. The van der Waals surface area contributed by atoms with Crippen LogP contribution < -0.4 is 0 Å². The van der Waals surface area contributed by atoms with Crippen molar-refractivity contribution >= 4 is 147 Å². The van der Waals surface area contributed by atoms with Gasteiger partial charge in [-0.05, 0) is 293 Å². The molecule has 3 nitrogen and oxygen atoms in total. The zero-order valence-electron chi connectivity index (χ0n) is 77.1. The summed E-state index contributed by atoms with van der Waals surface area (Å²) in [5.41, 5.74) is 40.9. The van der Waals surface area contributed by atoms with Gasteiger partial charge in [-0.2, -0.15) is 0 Å². The van der Waals surface area contributed by atoms with Crippen molar-refractivity contribution in [3.05, 3.63) is 528 Å². The van der Waals surface area contributed by atoms with E-state index in [9.17, 15) is 0 Å². The number of para-hydroxylation sites is 6. The number of hydrogen-bond acceptors (Lipinski definition) is 0. The Bertz CT molecular complexity index is 9920. The highest BCUT2D eigenvalue weighted by molar-refractivity contribution is 6.29. The van der Waals surface area contributed by atoms with Gasteiger partial charge in [0, 0.05) is 64.6 Å². The predicted octanol–water partition coefficient (Wildman–Crippen LogP) is 38.0. The third kappa shape index (κ3) is 13.6. The van der Waals surface area contributed by atoms with E-state index in [1.807, 2.05) is 0 Å². The number of nitrogens with zero attached hydrogens (tertiary/aromatic N) is 3. The Morgan fingerprint density at radius 3 is 0.582 bits per heavy atom. The van der Waals surface area contributed by atoms with Crippen molar-refractivity contribution in [2.24, 2.45) is 0 Å². The third-order valence-corrected chi connectivity index (χ3v) is 29.7. The summed E-state index contributed by atoms with van der Waals surface area (Å²) >= 11 is 0. The van der Waals surface area contributed by atoms with Gasteiger partial charge in [-0.1, -0.05) is 400 Å². The van der Waals surface area contributed by atoms with E-state index in [0.29, 0.717) is 0 Å². The quantitative estimate of drug-likeness (QED) is 0.108. The maximum atomic E-state index is 2.44. The van der Waals surface area contributed by atoms with E-state index < -0.39 is 0 Å². The highest BCUT2D eigenvalue weighted by Crippen LogP contribution is 2.49. The van der Waals surface area contributed by atoms with Gasteiger partial charge in [0.1, 0.15) is 0 Å². The van der Waals surface area contributed by atoms with Crippen molar-refractivity contribution < 1.29 is 0 Å². The van der Waals surface area contributed by atoms with E-state index in [2.05, 4.69) is 541 Å². The van der Waals surface area contributed by atoms with Gasteiger partial charge in [0.25, 0.3) is 0 Å². The first-order chi connectivity index (χ1) is 69.9. The van der Waals surface area contributed by atoms with Crippen molar-refractivity contribution in [2.45, 2.75) is 0 Å². The molecule has 0 N–H and O–H groups in total. The van der Waals surface area contributed by atoms with Crippen LogP contribution in [-0.2, 0) is 0 Å². The molecule has 6 aromatic heterocycles. The zero-order valence-corrected chi connectivity index (χ0v) is 77.1. The lowest BCUT2D eigenvalue weighted by Crippen LogP contribution is -1.87. The molecule has 0 atom stereocenters. The number of rotatable bonds is 12. The maximum absolute atomic E-state index is 2.44. The van der Waals surface area contributed by atoms with Crippen molar-refractivity contribution in [1.29, 1.82) is 0 Å². The second kappa shape index (κ2) is 33.2. The van der Waals surface area contributed by atoms with Gasteiger partial charge in [-0.15, -0.1) is 0 Å². The molecule has 0 aliphatic rings. The first-order valence-corrected chi connectivity index (χ1v) is 48.8. The Kier molecular flexibility index (Phi) is 19.0. The molecule has 141 heavy (non-hydrogen) atoms. The van der Waals surface area contributed by atoms with Crippen molar-refractivity contribution in [1.82, 2.24) is 13.2 Å². The summed E-state index contributed by atoms with van der Waals surface area (Å²) in [6.45, 7) is 0. The van der Waals surface area contributed by atoms with Crippen LogP contribution in [0.2, 0.25) is 0 Å². The van der Waals surface area contributed by atoms with E-state index in [0.717, 1.165) is 0 Å². The van der Waals surface area contributed by atoms with Gasteiger partial charge in [0.05, 0.1) is 49.7 Å². The third-order valence-electron chi connectivity index (χ3n) is 29.7. The number of benzene rings is 24. The maximum Gasteiger partial charge on any atom is 0.0620 e. The van der Waals surface area contributed by atoms with Gasteiger partial charge in [0.15, 0.2) is 0 Å². The first kappa shape index (κ1) is 80.9. The Labute approximate surface area is 815 Å². The molecule has 3 heteroatoms. The highest BCUT2D eigenvalue weighted by Gasteiger charge is 2.25. The van der Waals surface area contributed by atoms with Gasteiger partial charge >= 0.3 is 0 Å². The Hall–Kier alpha value is -18.5. The minimum Gasteiger partial charge on any atom is -0.308 e. The van der Waals surface area contributed by atoms with Crippen LogP contribution in [0, 0.1) is 0 Å². The molecule has 0 amide bonds. The molecule has 0 aliphatic carbocycles. The molecule has 0 radical (unpaired) electrons. The Balaban J connectivity index is 0.000000104. The van der Waals surface area contributed by atoms with E-state index >= 15 is 0 Å². The summed E-state index contributed by atoms with van der Waals surface area (Å²) in [5.74, 6) is 0. The summed E-state index contributed by atoms with van der Waals surface area (Å²) < 4.78 is 7.32. The summed E-state index contributed by atoms with van der Waals surface area (Å²) in [5, 5.41) is 23.5. The Morgan fingerprint density at radius 1 is 0.0780 bits per heavy atom. The molecule has 6 heterocycles. The van der Waals surface area contributed by atoms with Crippen LogP contribution in [0.3, 0.4) is 0 Å². The number of aromatic nitrogens is 3. The van der Waals surface area contributed by atoms with Gasteiger partial charge in [0.2, 0.25) is 0 Å². The fourth-order valence-corrected chi connectivity index (χ4v) is 23.1. The van der Waals surface area contributed by atoms with Gasteiger partial charge in [-0.3, -0.25) is 0 Å². The lowest BCUT2D eigenvalue weighted by molar-refractivity contribution is 1.37. The van der Waals surface area contributed by atoms with Crippen LogP contribution in [0.15, 0.2) is 528 Å². The molecule has 654 valence electrons. The summed E-state index contributed by atoms with van der Waals surface area (Å²) in [7, 11) is 0. The second-order valence-electron chi connectivity index (χ2n) is 37.7. The molecule has 0 aliphatic heterocycles. The molecule has 0 unspecified atom stereocenters. The van der Waals surface area contributed by atoms with Crippen LogP contribution in [-0.4, -0.2) is 13.2 Å². The molecule has 0 spiro atoms. The average Bonchev–Trinajstić information content (AvgIpc) is 1.54.